The van der Waals surface area contributed by atoms with Crippen molar-refractivity contribution in [3.05, 3.63) is 84.3 Å². The van der Waals surface area contributed by atoms with Gasteiger partial charge < -0.3 is 10.3 Å². The Hall–Kier alpha value is -3.52. The van der Waals surface area contributed by atoms with E-state index in [1.54, 1.807) is 60.7 Å². The Bertz CT molecular complexity index is 1250. The van der Waals surface area contributed by atoms with Crippen LogP contribution in [0.5, 0.6) is 0 Å². The number of hydrogen-bond acceptors (Lipinski definition) is 5. The maximum Gasteiger partial charge on any atom is 0.257 e. The molecule has 28 heavy (non-hydrogen) atoms. The number of pyridine rings is 1. The van der Waals surface area contributed by atoms with Gasteiger partial charge in [-0.1, -0.05) is 30.3 Å². The van der Waals surface area contributed by atoms with E-state index < -0.39 is 9.84 Å². The van der Waals surface area contributed by atoms with Crippen molar-refractivity contribution in [2.45, 2.75) is 10.6 Å². The van der Waals surface area contributed by atoms with Crippen molar-refractivity contribution in [2.75, 3.05) is 5.32 Å². The van der Waals surface area contributed by atoms with Crippen molar-refractivity contribution < 1.29 is 13.2 Å². The highest BCUT2D eigenvalue weighted by atomic mass is 32.2. The average Bonchev–Trinajstić information content (AvgIpc) is 3.16. The maximum atomic E-state index is 12.6. The molecule has 4 aromatic rings. The number of H-pyrrole nitrogens is 1. The SMILES string of the molecule is O=C(Nc1cccc(CS(=O)(=O)c2ccccc2)c1)c1cnc2nc[nH]c2c1. The second-order valence-electron chi connectivity index (χ2n) is 6.22. The molecule has 0 aliphatic carbocycles. The van der Waals surface area contributed by atoms with E-state index in [0.29, 0.717) is 28.0 Å². The van der Waals surface area contributed by atoms with E-state index >= 15 is 0 Å². The van der Waals surface area contributed by atoms with Crippen LogP contribution in [0.4, 0.5) is 5.69 Å². The Morgan fingerprint density at radius 2 is 1.82 bits per heavy atom. The van der Waals surface area contributed by atoms with E-state index in [1.807, 2.05) is 0 Å². The number of nitrogens with one attached hydrogen (secondary N) is 2. The molecule has 0 saturated heterocycles. The molecule has 8 heteroatoms. The van der Waals surface area contributed by atoms with Gasteiger partial charge >= 0.3 is 0 Å². The third kappa shape index (κ3) is 3.77. The standard InChI is InChI=1S/C20H16N4O3S/c25-20(15-10-18-19(21-11-15)23-13-22-18)24-16-6-4-5-14(9-16)12-28(26,27)17-7-2-1-3-8-17/h1-11,13H,12H2,(H,24,25)(H,21,22,23). The fourth-order valence-electron chi connectivity index (χ4n) is 2.83. The first-order valence-electron chi connectivity index (χ1n) is 8.48. The first kappa shape index (κ1) is 17.9. The van der Waals surface area contributed by atoms with Crippen LogP contribution in [-0.4, -0.2) is 29.3 Å². The molecule has 4 rings (SSSR count). The zero-order valence-corrected chi connectivity index (χ0v) is 15.5. The molecule has 0 spiro atoms. The molecule has 0 saturated carbocycles. The van der Waals surface area contributed by atoms with E-state index in [1.165, 1.54) is 12.5 Å². The fraction of sp³-hybridized carbons (Fsp3) is 0.0500. The van der Waals surface area contributed by atoms with Crippen molar-refractivity contribution in [1.82, 2.24) is 15.0 Å². The van der Waals surface area contributed by atoms with Gasteiger partial charge in [-0.3, -0.25) is 4.79 Å². The van der Waals surface area contributed by atoms with E-state index in [4.69, 9.17) is 0 Å². The van der Waals surface area contributed by atoms with Gasteiger partial charge in [0.05, 0.1) is 28.1 Å². The van der Waals surface area contributed by atoms with Gasteiger partial charge in [0.25, 0.3) is 5.91 Å². The zero-order chi connectivity index (χ0) is 19.6. The minimum atomic E-state index is -3.46. The molecule has 0 atom stereocenters. The number of carbonyl (C=O) groups excluding carboxylic acids is 1. The summed E-state index contributed by atoms with van der Waals surface area (Å²) in [5.74, 6) is -0.491. The van der Waals surface area contributed by atoms with Crippen molar-refractivity contribution in [1.29, 1.82) is 0 Å². The van der Waals surface area contributed by atoms with E-state index in [0.717, 1.165) is 0 Å². The van der Waals surface area contributed by atoms with Crippen LogP contribution >= 0.6 is 0 Å². The van der Waals surface area contributed by atoms with Crippen LogP contribution in [0.25, 0.3) is 11.2 Å². The largest absolute Gasteiger partial charge is 0.343 e. The lowest BCUT2D eigenvalue weighted by Gasteiger charge is -2.08. The summed E-state index contributed by atoms with van der Waals surface area (Å²) in [5.41, 5.74) is 2.67. The number of fused-ring (bicyclic) bond motifs is 1. The minimum Gasteiger partial charge on any atom is -0.343 e. The molecule has 140 valence electrons. The summed E-state index contributed by atoms with van der Waals surface area (Å²) < 4.78 is 25.1. The predicted octanol–water partition coefficient (Wildman–Crippen LogP) is 3.18. The van der Waals surface area contributed by atoms with Crippen LogP contribution in [0.1, 0.15) is 15.9 Å². The summed E-state index contributed by atoms with van der Waals surface area (Å²) in [6.07, 6.45) is 2.96. The number of anilines is 1. The molecule has 2 N–H and O–H groups in total. The number of hydrogen-bond donors (Lipinski definition) is 2. The van der Waals surface area contributed by atoms with Crippen molar-refractivity contribution in [3.8, 4) is 0 Å². The van der Waals surface area contributed by atoms with Crippen LogP contribution in [0.2, 0.25) is 0 Å². The molecule has 2 heterocycles. The Morgan fingerprint density at radius 1 is 1.00 bits per heavy atom. The number of imidazole rings is 1. The lowest BCUT2D eigenvalue weighted by Crippen LogP contribution is -2.12. The van der Waals surface area contributed by atoms with Crippen LogP contribution < -0.4 is 5.32 Å². The number of carbonyl (C=O) groups is 1. The summed E-state index contributed by atoms with van der Waals surface area (Å²) >= 11 is 0. The molecule has 0 fully saturated rings. The van der Waals surface area contributed by atoms with Crippen molar-refractivity contribution in [2.24, 2.45) is 0 Å². The number of aromatic nitrogens is 3. The number of amides is 1. The van der Waals surface area contributed by atoms with Crippen LogP contribution in [-0.2, 0) is 15.6 Å². The van der Waals surface area contributed by atoms with Gasteiger partial charge in [0.15, 0.2) is 15.5 Å². The number of sulfone groups is 1. The molecular formula is C20H16N4O3S. The average molecular weight is 392 g/mol. The smallest absolute Gasteiger partial charge is 0.257 e. The summed E-state index contributed by atoms with van der Waals surface area (Å²) in [6, 6.07) is 16.7. The first-order valence-corrected chi connectivity index (χ1v) is 10.1. The van der Waals surface area contributed by atoms with Gasteiger partial charge in [0, 0.05) is 11.9 Å². The normalized spacial score (nSPS) is 11.4. The van der Waals surface area contributed by atoms with Gasteiger partial charge in [0.2, 0.25) is 0 Å². The van der Waals surface area contributed by atoms with Crippen LogP contribution in [0.3, 0.4) is 0 Å². The molecule has 0 aliphatic heterocycles. The molecule has 0 bridgehead atoms. The van der Waals surface area contributed by atoms with Gasteiger partial charge in [-0.25, -0.2) is 18.4 Å². The van der Waals surface area contributed by atoms with E-state index in [9.17, 15) is 13.2 Å². The molecule has 0 aliphatic rings. The Morgan fingerprint density at radius 3 is 2.64 bits per heavy atom. The topological polar surface area (TPSA) is 105 Å². The summed E-state index contributed by atoms with van der Waals surface area (Å²) in [4.78, 5) is 23.8. The van der Waals surface area contributed by atoms with E-state index in [-0.39, 0.29) is 16.6 Å². The number of nitrogens with zero attached hydrogens (tertiary/aromatic N) is 2. The summed E-state index contributed by atoms with van der Waals surface area (Å²) in [5, 5.41) is 2.77. The predicted molar refractivity (Wildman–Crippen MR) is 106 cm³/mol. The summed E-state index contributed by atoms with van der Waals surface area (Å²) in [7, 11) is -3.46. The molecule has 1 amide bonds. The molecule has 2 aromatic carbocycles. The zero-order valence-electron chi connectivity index (χ0n) is 14.7. The highest BCUT2D eigenvalue weighted by molar-refractivity contribution is 7.90. The number of rotatable bonds is 5. The lowest BCUT2D eigenvalue weighted by atomic mass is 10.2. The monoisotopic (exact) mass is 392 g/mol. The molecule has 7 nitrogen and oxygen atoms in total. The molecule has 2 aromatic heterocycles. The molecular weight excluding hydrogens is 376 g/mol. The summed E-state index contributed by atoms with van der Waals surface area (Å²) in [6.45, 7) is 0. The van der Waals surface area contributed by atoms with Crippen LogP contribution in [0, 0.1) is 0 Å². The lowest BCUT2D eigenvalue weighted by molar-refractivity contribution is 0.102. The van der Waals surface area contributed by atoms with Gasteiger partial charge in [-0.15, -0.1) is 0 Å². The van der Waals surface area contributed by atoms with Gasteiger partial charge in [0.1, 0.15) is 0 Å². The van der Waals surface area contributed by atoms with Crippen LogP contribution in [0.15, 0.2) is 78.1 Å². The second kappa shape index (κ2) is 7.24. The molecule has 0 radical (unpaired) electrons. The van der Waals surface area contributed by atoms with E-state index in [2.05, 4.69) is 20.3 Å². The third-order valence-electron chi connectivity index (χ3n) is 4.18. The van der Waals surface area contributed by atoms with Gasteiger partial charge in [-0.05, 0) is 35.9 Å². The minimum absolute atomic E-state index is 0.150. The highest BCUT2D eigenvalue weighted by Crippen LogP contribution is 2.19. The Balaban J connectivity index is 1.53. The highest BCUT2D eigenvalue weighted by Gasteiger charge is 2.15. The quantitative estimate of drug-likeness (QED) is 0.543. The van der Waals surface area contributed by atoms with Gasteiger partial charge in [-0.2, -0.15) is 0 Å². The van der Waals surface area contributed by atoms with Crippen molar-refractivity contribution >= 4 is 32.6 Å². The number of aromatic amines is 1. The van der Waals surface area contributed by atoms with Crippen molar-refractivity contribution in [3.63, 3.8) is 0 Å². The fourth-order valence-corrected chi connectivity index (χ4v) is 4.18. The third-order valence-corrected chi connectivity index (χ3v) is 5.88. The molecule has 0 unspecified atom stereocenters. The number of benzene rings is 2. The Labute approximate surface area is 161 Å². The first-order chi connectivity index (χ1) is 13.5. The second-order valence-corrected chi connectivity index (χ2v) is 8.21. The maximum absolute atomic E-state index is 12.6. The Kier molecular flexibility index (Phi) is 4.62.